The molecular weight excluding hydrogens is 367 g/mol. The number of rotatable bonds is 10. The van der Waals surface area contributed by atoms with Gasteiger partial charge in [0, 0.05) is 13.1 Å². The minimum Gasteiger partial charge on any atom is -0.369 e. The summed E-state index contributed by atoms with van der Waals surface area (Å²) in [6.45, 7) is 0.959. The van der Waals surface area contributed by atoms with Crippen molar-refractivity contribution < 1.29 is 18.7 Å². The molecule has 2 heterocycles. The lowest BCUT2D eigenvalue weighted by atomic mass is 10.5. The topological polar surface area (TPSA) is 196 Å². The van der Waals surface area contributed by atoms with Gasteiger partial charge in [0.1, 0.15) is 6.73 Å². The van der Waals surface area contributed by atoms with Gasteiger partial charge in [-0.2, -0.15) is 4.98 Å². The molecule has 0 aliphatic carbocycles. The number of hydrogen-bond donors (Lipinski definition) is 5. The van der Waals surface area contributed by atoms with E-state index in [1.165, 1.54) is 10.9 Å². The molecule has 13 nitrogen and oxygen atoms in total. The normalized spacial score (nSPS) is 13.7. The Kier molecular flexibility index (Phi) is 8.30. The third-order valence-corrected chi connectivity index (χ3v) is 4.24. The van der Waals surface area contributed by atoms with E-state index in [-0.39, 0.29) is 37.6 Å². The average Bonchev–Trinajstić information content (AvgIpc) is 2.89. The molecule has 0 aliphatic rings. The van der Waals surface area contributed by atoms with Crippen LogP contribution in [0.4, 0.5) is 5.95 Å². The fraction of sp³-hybridized carbons (Fsp3) is 0.583. The van der Waals surface area contributed by atoms with E-state index in [0.717, 1.165) is 0 Å². The SMILES string of the molecule is CN(C)CCNP(=O)(O)OCCOCn1cnc2c(=O)[nH]c(N)nc21.N. The van der Waals surface area contributed by atoms with Crippen molar-refractivity contribution in [1.29, 1.82) is 0 Å². The summed E-state index contributed by atoms with van der Waals surface area (Å²) in [5, 5.41) is 2.45. The van der Waals surface area contributed by atoms with Gasteiger partial charge in [0.25, 0.3) is 5.56 Å². The zero-order chi connectivity index (χ0) is 18.4. The summed E-state index contributed by atoms with van der Waals surface area (Å²) in [6, 6.07) is 0. The Bertz CT molecular complexity index is 807. The Morgan fingerprint density at radius 1 is 1.46 bits per heavy atom. The number of likely N-dealkylation sites (N-methyl/N-ethyl adjacent to an activating group) is 1. The van der Waals surface area contributed by atoms with Crippen LogP contribution in [0.2, 0.25) is 0 Å². The molecule has 0 aromatic carbocycles. The highest BCUT2D eigenvalue weighted by atomic mass is 31.2. The number of ether oxygens (including phenoxy) is 1. The van der Waals surface area contributed by atoms with Crippen molar-refractivity contribution >= 4 is 24.9 Å². The molecule has 2 aromatic rings. The third kappa shape index (κ3) is 6.46. The van der Waals surface area contributed by atoms with E-state index in [9.17, 15) is 14.3 Å². The van der Waals surface area contributed by atoms with Gasteiger partial charge in [-0.1, -0.05) is 0 Å². The maximum Gasteiger partial charge on any atom is 0.403 e. The molecule has 0 saturated carbocycles. The van der Waals surface area contributed by atoms with E-state index >= 15 is 0 Å². The van der Waals surface area contributed by atoms with Gasteiger partial charge in [-0.05, 0) is 14.1 Å². The molecule has 0 aliphatic heterocycles. The number of anilines is 1. The number of hydrogen-bond acceptors (Lipinski definition) is 9. The van der Waals surface area contributed by atoms with Gasteiger partial charge < -0.3 is 26.4 Å². The highest BCUT2D eigenvalue weighted by Crippen LogP contribution is 2.35. The Morgan fingerprint density at radius 2 is 2.19 bits per heavy atom. The van der Waals surface area contributed by atoms with Crippen LogP contribution < -0.4 is 22.5 Å². The lowest BCUT2D eigenvalue weighted by Gasteiger charge is -2.15. The molecule has 0 amide bonds. The predicted molar refractivity (Wildman–Crippen MR) is 95.9 cm³/mol. The summed E-state index contributed by atoms with van der Waals surface area (Å²) in [7, 11) is -0.139. The van der Waals surface area contributed by atoms with Gasteiger partial charge in [-0.3, -0.25) is 18.9 Å². The van der Waals surface area contributed by atoms with Gasteiger partial charge in [0.2, 0.25) is 5.95 Å². The van der Waals surface area contributed by atoms with E-state index in [1.54, 1.807) is 0 Å². The summed E-state index contributed by atoms with van der Waals surface area (Å²) >= 11 is 0. The van der Waals surface area contributed by atoms with Gasteiger partial charge in [0.15, 0.2) is 11.2 Å². The first-order chi connectivity index (χ1) is 11.8. The zero-order valence-corrected chi connectivity index (χ0v) is 15.6. The van der Waals surface area contributed by atoms with E-state index in [0.29, 0.717) is 18.7 Å². The lowest BCUT2D eigenvalue weighted by molar-refractivity contribution is 0.0522. The Balaban J connectivity index is 0.00000338. The van der Waals surface area contributed by atoms with Crippen LogP contribution in [0.1, 0.15) is 0 Å². The summed E-state index contributed by atoms with van der Waals surface area (Å²) in [5.41, 5.74) is 5.51. The molecular formula is C12H25N8O5P. The molecule has 8 N–H and O–H groups in total. The molecule has 1 atom stereocenters. The van der Waals surface area contributed by atoms with Crippen molar-refractivity contribution in [3.05, 3.63) is 16.7 Å². The molecule has 0 radical (unpaired) electrons. The van der Waals surface area contributed by atoms with E-state index in [1.807, 2.05) is 19.0 Å². The van der Waals surface area contributed by atoms with Gasteiger partial charge in [-0.25, -0.2) is 14.6 Å². The van der Waals surface area contributed by atoms with Crippen molar-refractivity contribution in [2.75, 3.05) is 46.1 Å². The second-order valence-corrected chi connectivity index (χ2v) is 7.06. The molecule has 0 spiro atoms. The molecule has 14 heteroatoms. The minimum absolute atomic E-state index is 0. The minimum atomic E-state index is -3.85. The Hall–Kier alpha value is -1.86. The Morgan fingerprint density at radius 3 is 2.88 bits per heavy atom. The van der Waals surface area contributed by atoms with Crippen molar-refractivity contribution in [3.8, 4) is 0 Å². The first-order valence-electron chi connectivity index (χ1n) is 7.44. The molecule has 0 saturated heterocycles. The number of fused-ring (bicyclic) bond motifs is 1. The van der Waals surface area contributed by atoms with Crippen LogP contribution in [0.3, 0.4) is 0 Å². The number of nitrogens with zero attached hydrogens (tertiary/aromatic N) is 4. The summed E-state index contributed by atoms with van der Waals surface area (Å²) < 4.78 is 23.4. The van der Waals surface area contributed by atoms with E-state index < -0.39 is 13.3 Å². The van der Waals surface area contributed by atoms with Crippen molar-refractivity contribution in [1.82, 2.24) is 35.7 Å². The van der Waals surface area contributed by atoms with Crippen LogP contribution in [-0.4, -0.2) is 69.7 Å². The van der Waals surface area contributed by atoms with Crippen LogP contribution in [0.15, 0.2) is 11.1 Å². The quantitative estimate of drug-likeness (QED) is 0.248. The molecule has 148 valence electrons. The number of imidazole rings is 1. The van der Waals surface area contributed by atoms with Crippen molar-refractivity contribution in [3.63, 3.8) is 0 Å². The third-order valence-electron chi connectivity index (χ3n) is 3.09. The largest absolute Gasteiger partial charge is 0.403 e. The van der Waals surface area contributed by atoms with Gasteiger partial charge in [-0.15, -0.1) is 0 Å². The maximum absolute atomic E-state index is 11.7. The lowest BCUT2D eigenvalue weighted by Crippen LogP contribution is -2.25. The number of aromatic amines is 1. The van der Waals surface area contributed by atoms with Crippen LogP contribution in [-0.2, 0) is 20.6 Å². The maximum atomic E-state index is 11.7. The van der Waals surface area contributed by atoms with Crippen molar-refractivity contribution in [2.45, 2.75) is 6.73 Å². The van der Waals surface area contributed by atoms with E-state index in [4.69, 9.17) is 15.0 Å². The number of nitrogens with two attached hydrogens (primary N) is 1. The fourth-order valence-corrected chi connectivity index (χ4v) is 2.70. The average molecular weight is 392 g/mol. The molecule has 2 aromatic heterocycles. The van der Waals surface area contributed by atoms with Crippen LogP contribution in [0.5, 0.6) is 0 Å². The standard InChI is InChI=1S/C12H22N7O5P.H3N/c1-18(2)4-3-15-25(21,22)24-6-5-23-8-19-7-14-9-10(19)16-12(13)17-11(9)20;/h7H,3-6,8H2,1-2H3,(H2,15,21,22)(H3,13,16,17,20);1H3. The molecule has 0 bridgehead atoms. The molecule has 2 rings (SSSR count). The van der Waals surface area contributed by atoms with E-state index in [2.05, 4.69) is 20.0 Å². The summed E-state index contributed by atoms with van der Waals surface area (Å²) in [4.78, 5) is 33.4. The predicted octanol–water partition coefficient (Wildman–Crippen LogP) is -0.894. The van der Waals surface area contributed by atoms with Crippen molar-refractivity contribution in [2.24, 2.45) is 0 Å². The Labute approximate surface area is 149 Å². The van der Waals surface area contributed by atoms with Gasteiger partial charge >= 0.3 is 7.75 Å². The number of nitrogens with one attached hydrogen (secondary N) is 2. The van der Waals surface area contributed by atoms with Crippen LogP contribution in [0.25, 0.3) is 11.2 Å². The second kappa shape index (κ2) is 9.73. The molecule has 1 unspecified atom stereocenters. The van der Waals surface area contributed by atoms with Gasteiger partial charge in [0.05, 0.1) is 19.5 Å². The summed E-state index contributed by atoms with van der Waals surface area (Å²) in [5.74, 6) is -0.0207. The summed E-state index contributed by atoms with van der Waals surface area (Å²) in [6.07, 6.45) is 1.40. The highest BCUT2D eigenvalue weighted by Gasteiger charge is 2.18. The number of nitrogen functional groups attached to an aromatic ring is 1. The highest BCUT2D eigenvalue weighted by molar-refractivity contribution is 7.50. The zero-order valence-electron chi connectivity index (χ0n) is 14.7. The fourth-order valence-electron chi connectivity index (χ4n) is 1.91. The smallest absolute Gasteiger partial charge is 0.369 e. The number of aromatic nitrogens is 4. The monoisotopic (exact) mass is 392 g/mol. The molecule has 0 fully saturated rings. The second-order valence-electron chi connectivity index (χ2n) is 5.44. The first-order valence-corrected chi connectivity index (χ1v) is 9.02. The first kappa shape index (κ1) is 22.2. The van der Waals surface area contributed by atoms with Crippen LogP contribution in [0, 0.1) is 0 Å². The van der Waals surface area contributed by atoms with Crippen LogP contribution >= 0.6 is 7.75 Å². The molecule has 26 heavy (non-hydrogen) atoms. The number of H-pyrrole nitrogens is 1.